The van der Waals surface area contributed by atoms with E-state index in [1.807, 2.05) is 48.7 Å². The Labute approximate surface area is 219 Å². The van der Waals surface area contributed by atoms with Gasteiger partial charge < -0.3 is 14.9 Å². The van der Waals surface area contributed by atoms with Gasteiger partial charge in [0.15, 0.2) is 5.82 Å². The van der Waals surface area contributed by atoms with Crippen LogP contribution in [0.4, 0.5) is 0 Å². The first-order valence-corrected chi connectivity index (χ1v) is 12.7. The van der Waals surface area contributed by atoms with Crippen LogP contribution in [0.15, 0.2) is 85.7 Å². The molecule has 0 bridgehead atoms. The molecule has 1 atom stereocenters. The first-order valence-electron chi connectivity index (χ1n) is 12.7. The first kappa shape index (κ1) is 22.2. The molecule has 0 spiro atoms. The van der Waals surface area contributed by atoms with Crippen molar-refractivity contribution in [3.8, 4) is 22.6 Å². The molecule has 0 aliphatic carbocycles. The van der Waals surface area contributed by atoms with Crippen LogP contribution in [0.25, 0.3) is 39.6 Å². The summed E-state index contributed by atoms with van der Waals surface area (Å²) in [6, 6.07) is 19.1. The molecule has 186 valence electrons. The fourth-order valence-electron chi connectivity index (χ4n) is 5.06. The monoisotopic (exact) mass is 498 g/mol. The van der Waals surface area contributed by atoms with E-state index in [0.29, 0.717) is 0 Å². The van der Waals surface area contributed by atoms with Gasteiger partial charge in [0, 0.05) is 35.7 Å². The predicted octanol–water partition coefficient (Wildman–Crippen LogP) is 5.43. The number of hydrogen-bond acceptors (Lipinski definition) is 5. The minimum absolute atomic E-state index is 0.108. The molecule has 1 unspecified atom stereocenters. The van der Waals surface area contributed by atoms with Crippen molar-refractivity contribution in [1.82, 2.24) is 40.0 Å². The van der Waals surface area contributed by atoms with Crippen LogP contribution in [0.5, 0.6) is 0 Å². The number of rotatable bonds is 6. The quantitative estimate of drug-likeness (QED) is 0.285. The normalized spacial score (nSPS) is 14.5. The second kappa shape index (κ2) is 9.15. The Morgan fingerprint density at radius 2 is 1.84 bits per heavy atom. The lowest BCUT2D eigenvalue weighted by atomic mass is 10.0. The van der Waals surface area contributed by atoms with E-state index in [9.17, 15) is 0 Å². The molecule has 0 radical (unpaired) electrons. The summed E-state index contributed by atoms with van der Waals surface area (Å²) in [6.07, 6.45) is 13.4. The molecular formula is C30H26N8. The van der Waals surface area contributed by atoms with Gasteiger partial charge in [0.2, 0.25) is 0 Å². The highest BCUT2D eigenvalue weighted by Crippen LogP contribution is 2.32. The SMILES string of the molecule is Cc1cn(C2NC=Cc3nc(-c4n[nH]c5ccc(-c6cncc(CCc7ccccc7)c6)cc45)[nH]c32)cn1. The molecule has 5 heterocycles. The second-order valence-corrected chi connectivity index (χ2v) is 9.65. The number of benzene rings is 2. The number of hydrogen-bond donors (Lipinski definition) is 3. The fourth-order valence-corrected chi connectivity index (χ4v) is 5.06. The summed E-state index contributed by atoms with van der Waals surface area (Å²) in [5.74, 6) is 0.725. The lowest BCUT2D eigenvalue weighted by Crippen LogP contribution is -2.25. The maximum absolute atomic E-state index is 4.88. The van der Waals surface area contributed by atoms with Gasteiger partial charge in [-0.05, 0) is 60.7 Å². The number of aromatic amines is 2. The molecule has 0 amide bonds. The molecule has 3 N–H and O–H groups in total. The number of nitrogens with zero attached hydrogens (tertiary/aromatic N) is 5. The van der Waals surface area contributed by atoms with Crippen LogP contribution >= 0.6 is 0 Å². The molecule has 1 aliphatic rings. The molecule has 6 aromatic rings. The number of aromatic nitrogens is 7. The third-order valence-corrected chi connectivity index (χ3v) is 7.02. The van der Waals surface area contributed by atoms with E-state index in [-0.39, 0.29) is 6.17 Å². The van der Waals surface area contributed by atoms with Gasteiger partial charge in [-0.2, -0.15) is 5.10 Å². The molecule has 4 aromatic heterocycles. The zero-order valence-corrected chi connectivity index (χ0v) is 20.9. The minimum atomic E-state index is -0.108. The maximum atomic E-state index is 4.88. The van der Waals surface area contributed by atoms with E-state index in [4.69, 9.17) is 4.98 Å². The standard InChI is InChI=1S/C30H26N8/c1-19-17-38(18-33-19)30-28-26(11-12-32-30)34-29(35-28)27-24-14-22(9-10-25(24)36-37-27)23-13-21(15-31-16-23)8-7-20-5-3-2-4-6-20/h2-6,9-18,30,32H,7-8H2,1H3,(H,34,35)(H,36,37). The Bertz CT molecular complexity index is 1770. The smallest absolute Gasteiger partial charge is 0.159 e. The van der Waals surface area contributed by atoms with E-state index in [2.05, 4.69) is 85.1 Å². The van der Waals surface area contributed by atoms with Crippen molar-refractivity contribution in [2.45, 2.75) is 25.9 Å². The van der Waals surface area contributed by atoms with Crippen LogP contribution in [-0.4, -0.2) is 34.7 Å². The van der Waals surface area contributed by atoms with Gasteiger partial charge in [0.05, 0.1) is 28.9 Å². The summed E-state index contributed by atoms with van der Waals surface area (Å²) < 4.78 is 2.04. The Morgan fingerprint density at radius 1 is 0.947 bits per heavy atom. The molecule has 2 aromatic carbocycles. The van der Waals surface area contributed by atoms with Crippen LogP contribution in [0.1, 0.15) is 34.4 Å². The summed E-state index contributed by atoms with van der Waals surface area (Å²) in [7, 11) is 0. The van der Waals surface area contributed by atoms with Gasteiger partial charge in [-0.15, -0.1) is 0 Å². The number of aryl methyl sites for hydroxylation is 3. The number of H-pyrrole nitrogens is 2. The van der Waals surface area contributed by atoms with Crippen LogP contribution in [0.2, 0.25) is 0 Å². The molecule has 0 saturated carbocycles. The van der Waals surface area contributed by atoms with E-state index >= 15 is 0 Å². The minimum Gasteiger partial charge on any atom is -0.366 e. The highest BCUT2D eigenvalue weighted by Gasteiger charge is 2.24. The number of fused-ring (bicyclic) bond motifs is 2. The summed E-state index contributed by atoms with van der Waals surface area (Å²) in [5.41, 5.74) is 9.31. The largest absolute Gasteiger partial charge is 0.366 e. The summed E-state index contributed by atoms with van der Waals surface area (Å²) in [6.45, 7) is 1.98. The van der Waals surface area contributed by atoms with Crippen molar-refractivity contribution < 1.29 is 0 Å². The summed E-state index contributed by atoms with van der Waals surface area (Å²) in [4.78, 5) is 17.3. The molecule has 38 heavy (non-hydrogen) atoms. The van der Waals surface area contributed by atoms with Crippen LogP contribution in [0, 0.1) is 6.92 Å². The van der Waals surface area contributed by atoms with Gasteiger partial charge in [0.25, 0.3) is 0 Å². The third-order valence-electron chi connectivity index (χ3n) is 7.02. The lowest BCUT2D eigenvalue weighted by molar-refractivity contribution is 0.515. The average Bonchev–Trinajstić information content (AvgIpc) is 3.70. The molecule has 7 rings (SSSR count). The molecule has 8 nitrogen and oxygen atoms in total. The molecule has 0 saturated heterocycles. The first-order chi connectivity index (χ1) is 18.7. The third kappa shape index (κ3) is 4.06. The van der Waals surface area contributed by atoms with Crippen molar-refractivity contribution in [2.75, 3.05) is 0 Å². The number of nitrogens with one attached hydrogen (secondary N) is 3. The lowest BCUT2D eigenvalue weighted by Gasteiger charge is -2.21. The van der Waals surface area contributed by atoms with Crippen molar-refractivity contribution >= 4 is 17.0 Å². The average molecular weight is 499 g/mol. The Morgan fingerprint density at radius 3 is 2.71 bits per heavy atom. The molecule has 0 fully saturated rings. The molecule has 1 aliphatic heterocycles. The van der Waals surface area contributed by atoms with Crippen molar-refractivity contribution in [3.63, 3.8) is 0 Å². The van der Waals surface area contributed by atoms with Gasteiger partial charge in [0.1, 0.15) is 11.9 Å². The zero-order chi connectivity index (χ0) is 25.5. The summed E-state index contributed by atoms with van der Waals surface area (Å²) >= 11 is 0. The van der Waals surface area contributed by atoms with E-state index < -0.39 is 0 Å². The molecule has 8 heteroatoms. The predicted molar refractivity (Wildman–Crippen MR) is 148 cm³/mol. The van der Waals surface area contributed by atoms with E-state index in [1.54, 1.807) is 0 Å². The van der Waals surface area contributed by atoms with Gasteiger partial charge in [-0.25, -0.2) is 9.97 Å². The number of imidazole rings is 2. The van der Waals surface area contributed by atoms with Crippen molar-refractivity contribution in [2.24, 2.45) is 0 Å². The van der Waals surface area contributed by atoms with Gasteiger partial charge >= 0.3 is 0 Å². The highest BCUT2D eigenvalue weighted by molar-refractivity contribution is 5.94. The number of pyridine rings is 1. The van der Waals surface area contributed by atoms with Crippen molar-refractivity contribution in [1.29, 1.82) is 0 Å². The van der Waals surface area contributed by atoms with Gasteiger partial charge in [-0.1, -0.05) is 36.4 Å². The zero-order valence-electron chi connectivity index (χ0n) is 20.9. The van der Waals surface area contributed by atoms with Crippen LogP contribution in [-0.2, 0) is 12.8 Å². The fraction of sp³-hybridized carbons (Fsp3) is 0.133. The highest BCUT2D eigenvalue weighted by atomic mass is 15.2. The maximum Gasteiger partial charge on any atom is 0.159 e. The van der Waals surface area contributed by atoms with E-state index in [0.717, 1.165) is 63.5 Å². The Hall–Kier alpha value is -4.98. The van der Waals surface area contributed by atoms with Gasteiger partial charge in [-0.3, -0.25) is 10.1 Å². The topological polar surface area (TPSA) is 100 Å². The van der Waals surface area contributed by atoms with Crippen LogP contribution in [0.3, 0.4) is 0 Å². The van der Waals surface area contributed by atoms with E-state index in [1.165, 1.54) is 11.1 Å². The van der Waals surface area contributed by atoms with Crippen molar-refractivity contribution in [3.05, 3.63) is 114 Å². The Kier molecular flexibility index (Phi) is 5.36. The van der Waals surface area contributed by atoms with Crippen LogP contribution < -0.4 is 5.32 Å². The summed E-state index contributed by atoms with van der Waals surface area (Å²) in [5, 5.41) is 12.2. The second-order valence-electron chi connectivity index (χ2n) is 9.65. The Balaban J connectivity index is 1.21. The molecular weight excluding hydrogens is 472 g/mol.